The van der Waals surface area contributed by atoms with Crippen molar-refractivity contribution < 1.29 is 29.2 Å². The molecule has 0 bridgehead atoms. The fraction of sp³-hybridized carbons (Fsp3) is 0.125. The van der Waals surface area contributed by atoms with Crippen molar-refractivity contribution in [2.24, 2.45) is 10.2 Å². The molecule has 0 N–H and O–H groups in total. The molecule has 0 radical (unpaired) electrons. The van der Waals surface area contributed by atoms with Gasteiger partial charge < -0.3 is 21.1 Å². The van der Waals surface area contributed by atoms with Crippen molar-refractivity contribution in [2.75, 3.05) is 0 Å². The maximum absolute atomic E-state index is 13.6. The summed E-state index contributed by atoms with van der Waals surface area (Å²) in [5, 5.41) is 8.07. The van der Waals surface area contributed by atoms with Gasteiger partial charge in [-0.1, -0.05) is 121 Å². The number of thioether (sulfide) groups is 2. The molecule has 0 saturated heterocycles. The molecule has 226 valence electrons. The molecule has 4 nitrogen and oxygen atoms in total. The summed E-state index contributed by atoms with van der Waals surface area (Å²) in [5.41, 5.74) is 12.4. The van der Waals surface area contributed by atoms with Crippen molar-refractivity contribution in [1.82, 2.24) is 0 Å². The first-order valence-electron chi connectivity index (χ1n) is 12.8. The van der Waals surface area contributed by atoms with Gasteiger partial charge in [-0.25, -0.2) is 8.78 Å². The van der Waals surface area contributed by atoms with Crippen molar-refractivity contribution in [3.63, 3.8) is 0 Å². The molecule has 0 aromatic heterocycles. The number of hydrogen-bond donors (Lipinski definition) is 0. The molecule has 43 heavy (non-hydrogen) atoms. The average molecular weight is 743 g/mol. The summed E-state index contributed by atoms with van der Waals surface area (Å²) >= 11 is 11.5. The van der Waals surface area contributed by atoms with Crippen molar-refractivity contribution in [3.8, 4) is 0 Å². The maximum atomic E-state index is 13.6. The minimum absolute atomic E-state index is 0. The van der Waals surface area contributed by atoms with E-state index in [9.17, 15) is 8.78 Å². The van der Waals surface area contributed by atoms with E-state index in [0.29, 0.717) is 31.2 Å². The molecule has 0 spiro atoms. The minimum Gasteiger partial charge on any atom is -0.519 e. The summed E-state index contributed by atoms with van der Waals surface area (Å²) in [6.45, 7) is 3.45. The molecular formula is C32H30F2N4PdS4. The van der Waals surface area contributed by atoms with Crippen LogP contribution in [0.15, 0.2) is 119 Å². The van der Waals surface area contributed by atoms with Crippen LogP contribution >= 0.6 is 23.5 Å². The van der Waals surface area contributed by atoms with Crippen LogP contribution in [0.4, 0.5) is 8.78 Å². The Morgan fingerprint density at radius 3 is 1.26 bits per heavy atom. The molecular weight excluding hydrogens is 713 g/mol. The summed E-state index contributed by atoms with van der Waals surface area (Å²) in [6, 6.07) is 33.1. The second-order valence-corrected chi connectivity index (χ2v) is 12.0. The molecule has 0 aliphatic heterocycles. The molecule has 0 atom stereocenters. The van der Waals surface area contributed by atoms with Crippen LogP contribution in [0.1, 0.15) is 36.1 Å². The van der Waals surface area contributed by atoms with E-state index in [2.05, 4.69) is 45.5 Å². The van der Waals surface area contributed by atoms with Gasteiger partial charge in [-0.15, -0.1) is 0 Å². The van der Waals surface area contributed by atoms with E-state index in [1.165, 1.54) is 46.8 Å². The van der Waals surface area contributed by atoms with E-state index >= 15 is 0 Å². The minimum atomic E-state index is -0.299. The van der Waals surface area contributed by atoms with E-state index in [1.807, 2.05) is 60.7 Å². The number of nitrogens with zero attached hydrogens (tertiary/aromatic N) is 4. The van der Waals surface area contributed by atoms with Gasteiger partial charge >= 0.3 is 0 Å². The fourth-order valence-electron chi connectivity index (χ4n) is 3.35. The average Bonchev–Trinajstić information content (AvgIpc) is 3.02. The summed E-state index contributed by atoms with van der Waals surface area (Å²) in [7, 11) is 0. The van der Waals surface area contributed by atoms with Crippen LogP contribution in [-0.2, 0) is 56.4 Å². The molecule has 4 rings (SSSR count). The van der Waals surface area contributed by atoms with Gasteiger partial charge in [0.25, 0.3) is 0 Å². The van der Waals surface area contributed by atoms with E-state index in [-0.39, 0.29) is 32.1 Å². The standard InChI is InChI=1S/2C16H15FN2S2.Pd/c2*1-12(14-9-5-6-10-15(14)17)18-19-16(20)21-11-13-7-3-2-4-8-13;/h2*2-10H,11H2,1H3,(H,19,20);/b2*18-12+;. The molecule has 0 heterocycles. The molecule has 0 aliphatic rings. The van der Waals surface area contributed by atoms with Crippen LogP contribution in [0.25, 0.3) is 10.9 Å². The zero-order chi connectivity index (χ0) is 30.2. The third-order valence-corrected chi connectivity index (χ3v) is 8.11. The van der Waals surface area contributed by atoms with E-state index in [0.717, 1.165) is 11.5 Å². The Balaban J connectivity index is 0.000000293. The third kappa shape index (κ3) is 13.6. The smallest absolute Gasteiger partial charge is 0.175 e. The van der Waals surface area contributed by atoms with Gasteiger partial charge in [-0.05, 0) is 37.1 Å². The molecule has 11 heteroatoms. The zero-order valence-corrected chi connectivity index (χ0v) is 28.4. The van der Waals surface area contributed by atoms with Crippen molar-refractivity contribution in [3.05, 3.63) is 154 Å². The predicted molar refractivity (Wildman–Crippen MR) is 187 cm³/mol. The van der Waals surface area contributed by atoms with Gasteiger partial charge in [-0.3, -0.25) is 0 Å². The molecule has 0 unspecified atom stereocenters. The number of thiol groups is 2. The molecule has 4 aromatic carbocycles. The van der Waals surface area contributed by atoms with Crippen LogP contribution in [0.2, 0.25) is 0 Å². The quantitative estimate of drug-likeness (QED) is 0.0455. The van der Waals surface area contributed by atoms with E-state index in [1.54, 1.807) is 50.2 Å². The number of halogens is 2. The summed E-state index contributed by atoms with van der Waals surface area (Å²) in [5.74, 6) is 0.952. The molecule has 0 amide bonds. The molecule has 4 aromatic rings. The number of rotatable bonds is 8. The molecule has 0 saturated carbocycles. The second kappa shape index (κ2) is 20.2. The predicted octanol–water partition coefficient (Wildman–Crippen LogP) is 8.44. The van der Waals surface area contributed by atoms with Gasteiger partial charge in [0.1, 0.15) is 11.6 Å². The van der Waals surface area contributed by atoms with Crippen molar-refractivity contribution in [1.29, 1.82) is 0 Å². The first-order valence-corrected chi connectivity index (χ1v) is 15.7. The first kappa shape index (κ1) is 36.4. The third-order valence-electron chi connectivity index (χ3n) is 5.52. The fourth-order valence-corrected chi connectivity index (χ4v) is 5.00. The van der Waals surface area contributed by atoms with Gasteiger partial charge in [0.05, 0.1) is 0 Å². The maximum Gasteiger partial charge on any atom is 0.175 e. The van der Waals surface area contributed by atoms with Crippen molar-refractivity contribution >= 4 is 68.0 Å². The van der Waals surface area contributed by atoms with Crippen molar-refractivity contribution in [2.45, 2.75) is 25.4 Å². The summed E-state index contributed by atoms with van der Waals surface area (Å²) < 4.78 is 28.3. The second-order valence-electron chi connectivity index (χ2n) is 8.64. The van der Waals surface area contributed by atoms with Crippen LogP contribution < -0.4 is 0 Å². The van der Waals surface area contributed by atoms with Gasteiger partial charge in [0, 0.05) is 54.5 Å². The van der Waals surface area contributed by atoms with Crippen LogP contribution in [0.3, 0.4) is 0 Å². The monoisotopic (exact) mass is 742 g/mol. The Morgan fingerprint density at radius 2 is 0.907 bits per heavy atom. The summed E-state index contributed by atoms with van der Waals surface area (Å²) in [4.78, 5) is 0. The Morgan fingerprint density at radius 1 is 0.581 bits per heavy atom. The Labute approximate surface area is 284 Å². The first-order chi connectivity index (χ1) is 20.3. The SMILES string of the molecule is C/C(=N\[N-]C(=[SH+])SCc1ccccc1)c1ccccc1F.C/C(=N\[N-]C(=[SH+])SCc1ccccc1)c1ccccc1F.[Pd]. The largest absolute Gasteiger partial charge is 0.519 e. The molecule has 0 fully saturated rings. The normalized spacial score (nSPS) is 11.0. The number of hydrogen-bond acceptors (Lipinski definition) is 4. The topological polar surface area (TPSA) is 52.9 Å². The van der Waals surface area contributed by atoms with Crippen LogP contribution in [-0.4, -0.2) is 20.1 Å². The van der Waals surface area contributed by atoms with E-state index in [4.69, 9.17) is 0 Å². The van der Waals surface area contributed by atoms with Crippen LogP contribution in [0, 0.1) is 11.6 Å². The van der Waals surface area contributed by atoms with E-state index < -0.39 is 0 Å². The Hall–Kier alpha value is -2.78. The Bertz CT molecular complexity index is 1410. The van der Waals surface area contributed by atoms with Gasteiger partial charge in [-0.2, -0.15) is 0 Å². The zero-order valence-electron chi connectivity index (χ0n) is 23.4. The van der Waals surface area contributed by atoms with Gasteiger partial charge in [0.2, 0.25) is 0 Å². The number of benzene rings is 4. The van der Waals surface area contributed by atoms with Crippen LogP contribution in [0.5, 0.6) is 0 Å². The Kier molecular flexibility index (Phi) is 17.1. The van der Waals surface area contributed by atoms with Gasteiger partial charge in [0.15, 0.2) is 33.1 Å². The molecule has 0 aliphatic carbocycles. The summed E-state index contributed by atoms with van der Waals surface area (Å²) in [6.07, 6.45) is 0.